The van der Waals surface area contributed by atoms with E-state index in [0.717, 1.165) is 0 Å². The number of rotatable bonds is 3. The Kier molecular flexibility index (Phi) is 4.22. The molecule has 0 bridgehead atoms. The molecule has 2 aromatic rings. The number of phenols is 2. The van der Waals surface area contributed by atoms with Crippen molar-refractivity contribution >= 4 is 23.7 Å². The fraction of sp³-hybridized carbons (Fsp3) is 0. The quantitative estimate of drug-likeness (QED) is 0.600. The molecule has 0 aliphatic heterocycles. The largest absolute Gasteiger partial charge is 0.508 e. The summed E-state index contributed by atoms with van der Waals surface area (Å²) in [4.78, 5) is 11.7. The molecule has 0 spiro atoms. The van der Waals surface area contributed by atoms with E-state index in [9.17, 15) is 9.90 Å². The van der Waals surface area contributed by atoms with Gasteiger partial charge in [0.15, 0.2) is 0 Å². The highest BCUT2D eigenvalue weighted by Crippen LogP contribution is 2.25. The van der Waals surface area contributed by atoms with Crippen molar-refractivity contribution < 1.29 is 15.0 Å². The van der Waals surface area contributed by atoms with Gasteiger partial charge in [0.1, 0.15) is 11.5 Å². The maximum atomic E-state index is 11.7. The predicted octanol–water partition coefficient (Wildman–Crippen LogP) is 2.52. The molecule has 102 valence electrons. The lowest BCUT2D eigenvalue weighted by Crippen LogP contribution is -2.17. The van der Waals surface area contributed by atoms with Crippen molar-refractivity contribution in [1.82, 2.24) is 5.43 Å². The summed E-state index contributed by atoms with van der Waals surface area (Å²) in [5, 5.41) is 22.7. The van der Waals surface area contributed by atoms with E-state index in [-0.39, 0.29) is 16.5 Å². The van der Waals surface area contributed by atoms with Gasteiger partial charge in [-0.15, -0.1) is 0 Å². The molecule has 0 aliphatic carbocycles. The van der Waals surface area contributed by atoms with Gasteiger partial charge in [-0.2, -0.15) is 5.10 Å². The number of carbonyl (C=O) groups excluding carboxylic acids is 1. The zero-order valence-corrected chi connectivity index (χ0v) is 11.0. The highest BCUT2D eigenvalue weighted by atomic mass is 35.5. The minimum Gasteiger partial charge on any atom is -0.508 e. The molecule has 0 saturated carbocycles. The van der Waals surface area contributed by atoms with E-state index >= 15 is 0 Å². The van der Waals surface area contributed by atoms with Crippen LogP contribution in [0.4, 0.5) is 0 Å². The minimum absolute atomic E-state index is 0.0777. The number of hydrogen-bond donors (Lipinski definition) is 3. The summed E-state index contributed by atoms with van der Waals surface area (Å²) >= 11 is 5.74. The van der Waals surface area contributed by atoms with Crippen LogP contribution in [0.15, 0.2) is 47.6 Å². The van der Waals surface area contributed by atoms with Gasteiger partial charge in [-0.25, -0.2) is 5.43 Å². The molecule has 6 heteroatoms. The number of amides is 1. The number of nitrogens with zero attached hydrogens (tertiary/aromatic N) is 1. The topological polar surface area (TPSA) is 81.9 Å². The zero-order valence-electron chi connectivity index (χ0n) is 10.2. The maximum absolute atomic E-state index is 11.7. The second-order valence-corrected chi connectivity index (χ2v) is 4.33. The van der Waals surface area contributed by atoms with Crippen LogP contribution in [0.2, 0.25) is 5.02 Å². The monoisotopic (exact) mass is 290 g/mol. The summed E-state index contributed by atoms with van der Waals surface area (Å²) < 4.78 is 0. The number of hydrogen-bond acceptors (Lipinski definition) is 4. The van der Waals surface area contributed by atoms with Gasteiger partial charge in [-0.3, -0.25) is 4.79 Å². The van der Waals surface area contributed by atoms with Gasteiger partial charge in [0, 0.05) is 11.1 Å². The number of phenolic OH excluding ortho intramolecular Hbond substituents is 2. The smallest absolute Gasteiger partial charge is 0.271 e. The van der Waals surface area contributed by atoms with Crippen LogP contribution in [0.3, 0.4) is 0 Å². The number of benzene rings is 2. The summed E-state index contributed by atoms with van der Waals surface area (Å²) in [6.45, 7) is 0. The lowest BCUT2D eigenvalue weighted by molar-refractivity contribution is 0.0955. The van der Waals surface area contributed by atoms with Crippen molar-refractivity contribution in [3.8, 4) is 11.5 Å². The molecule has 0 radical (unpaired) electrons. The summed E-state index contributed by atoms with van der Waals surface area (Å²) in [5.74, 6) is -0.450. The molecule has 5 nitrogen and oxygen atoms in total. The van der Waals surface area contributed by atoms with E-state index in [0.29, 0.717) is 11.1 Å². The fourth-order valence-electron chi connectivity index (χ4n) is 1.47. The van der Waals surface area contributed by atoms with E-state index in [4.69, 9.17) is 16.7 Å². The molecular formula is C14H11ClN2O3. The normalized spacial score (nSPS) is 10.7. The Morgan fingerprint density at radius 1 is 1.15 bits per heavy atom. The standard InChI is InChI=1S/C14H11ClN2O3/c15-12-3-1-2-10(13(12)19)8-16-17-14(20)9-4-6-11(18)7-5-9/h1-8,18-19H,(H,17,20)/b16-8+. The average molecular weight is 291 g/mol. The number of aromatic hydroxyl groups is 2. The lowest BCUT2D eigenvalue weighted by Gasteiger charge is -2.01. The Morgan fingerprint density at radius 3 is 2.55 bits per heavy atom. The number of nitrogens with one attached hydrogen (secondary N) is 1. The van der Waals surface area contributed by atoms with Gasteiger partial charge in [0.25, 0.3) is 5.91 Å². The Bertz CT molecular complexity index is 654. The van der Waals surface area contributed by atoms with Crippen molar-refractivity contribution in [2.24, 2.45) is 5.10 Å². The van der Waals surface area contributed by atoms with E-state index in [1.165, 1.54) is 30.5 Å². The Hall–Kier alpha value is -2.53. The van der Waals surface area contributed by atoms with Crippen molar-refractivity contribution in [3.63, 3.8) is 0 Å². The van der Waals surface area contributed by atoms with Gasteiger partial charge in [-0.1, -0.05) is 17.7 Å². The maximum Gasteiger partial charge on any atom is 0.271 e. The molecule has 0 atom stereocenters. The fourth-order valence-corrected chi connectivity index (χ4v) is 1.66. The van der Waals surface area contributed by atoms with E-state index in [2.05, 4.69) is 10.5 Å². The Balaban J connectivity index is 2.04. The van der Waals surface area contributed by atoms with Crippen LogP contribution in [0.5, 0.6) is 11.5 Å². The van der Waals surface area contributed by atoms with Crippen LogP contribution >= 0.6 is 11.6 Å². The third kappa shape index (κ3) is 3.27. The Labute approximate surface area is 120 Å². The molecule has 0 unspecified atom stereocenters. The highest BCUT2D eigenvalue weighted by Gasteiger charge is 2.05. The first kappa shape index (κ1) is 13.9. The van der Waals surface area contributed by atoms with E-state index < -0.39 is 5.91 Å². The molecule has 0 heterocycles. The average Bonchev–Trinajstić information content (AvgIpc) is 2.44. The molecule has 20 heavy (non-hydrogen) atoms. The van der Waals surface area contributed by atoms with Gasteiger partial charge in [0.2, 0.25) is 0 Å². The predicted molar refractivity (Wildman–Crippen MR) is 76.3 cm³/mol. The second-order valence-electron chi connectivity index (χ2n) is 3.92. The molecule has 0 fully saturated rings. The zero-order chi connectivity index (χ0) is 14.5. The van der Waals surface area contributed by atoms with Crippen LogP contribution in [0.1, 0.15) is 15.9 Å². The van der Waals surface area contributed by atoms with Crippen LogP contribution in [-0.2, 0) is 0 Å². The van der Waals surface area contributed by atoms with Crippen molar-refractivity contribution in [2.45, 2.75) is 0 Å². The van der Waals surface area contributed by atoms with E-state index in [1.807, 2.05) is 0 Å². The molecule has 1 amide bonds. The molecule has 2 rings (SSSR count). The minimum atomic E-state index is -0.428. The number of hydrazone groups is 1. The van der Waals surface area contributed by atoms with Gasteiger partial charge < -0.3 is 10.2 Å². The van der Waals surface area contributed by atoms with Crippen molar-refractivity contribution in [1.29, 1.82) is 0 Å². The molecule has 0 saturated heterocycles. The lowest BCUT2D eigenvalue weighted by atomic mass is 10.2. The molecule has 0 aliphatic rings. The van der Waals surface area contributed by atoms with Crippen molar-refractivity contribution in [2.75, 3.05) is 0 Å². The second kappa shape index (κ2) is 6.08. The first-order chi connectivity index (χ1) is 9.58. The number of para-hydroxylation sites is 1. The van der Waals surface area contributed by atoms with Crippen LogP contribution in [0.25, 0.3) is 0 Å². The number of carbonyl (C=O) groups is 1. The molecule has 3 N–H and O–H groups in total. The van der Waals surface area contributed by atoms with Crippen LogP contribution in [0, 0.1) is 0 Å². The Morgan fingerprint density at radius 2 is 1.85 bits per heavy atom. The van der Waals surface area contributed by atoms with E-state index in [1.54, 1.807) is 18.2 Å². The SMILES string of the molecule is O=C(N/N=C/c1cccc(Cl)c1O)c1ccc(O)cc1. The highest BCUT2D eigenvalue weighted by molar-refractivity contribution is 6.32. The first-order valence-electron chi connectivity index (χ1n) is 5.68. The molecule has 0 aromatic heterocycles. The summed E-state index contributed by atoms with van der Waals surface area (Å²) in [5.41, 5.74) is 3.06. The third-order valence-electron chi connectivity index (χ3n) is 2.52. The molecular weight excluding hydrogens is 280 g/mol. The third-order valence-corrected chi connectivity index (χ3v) is 2.82. The molecule has 2 aromatic carbocycles. The van der Waals surface area contributed by atoms with Gasteiger partial charge in [0.05, 0.1) is 11.2 Å². The summed E-state index contributed by atoms with van der Waals surface area (Å²) in [6.07, 6.45) is 1.29. The first-order valence-corrected chi connectivity index (χ1v) is 6.05. The summed E-state index contributed by atoms with van der Waals surface area (Å²) in [6, 6.07) is 10.6. The number of halogens is 1. The van der Waals surface area contributed by atoms with Crippen molar-refractivity contribution in [3.05, 3.63) is 58.6 Å². The van der Waals surface area contributed by atoms with Crippen LogP contribution in [-0.4, -0.2) is 22.3 Å². The van der Waals surface area contributed by atoms with Gasteiger partial charge in [-0.05, 0) is 36.4 Å². The summed E-state index contributed by atoms with van der Waals surface area (Å²) in [7, 11) is 0. The van der Waals surface area contributed by atoms with Crippen LogP contribution < -0.4 is 5.43 Å². The van der Waals surface area contributed by atoms with Gasteiger partial charge >= 0.3 is 0 Å².